The Kier molecular flexibility index (Phi) is 3.72. The van der Waals surface area contributed by atoms with E-state index >= 15 is 0 Å². The molecule has 4 aromatic heterocycles. The van der Waals surface area contributed by atoms with Crippen molar-refractivity contribution in [2.75, 3.05) is 0 Å². The second-order valence-corrected chi connectivity index (χ2v) is 7.17. The molecule has 0 unspecified atom stereocenters. The van der Waals surface area contributed by atoms with Gasteiger partial charge in [0.2, 0.25) is 11.4 Å². The molecule has 0 fully saturated rings. The summed E-state index contributed by atoms with van der Waals surface area (Å²) in [5, 5.41) is 2.14. The van der Waals surface area contributed by atoms with E-state index in [9.17, 15) is 0 Å². The molecule has 0 saturated carbocycles. The van der Waals surface area contributed by atoms with E-state index in [-0.39, 0.29) is 0 Å². The quantitative estimate of drug-likeness (QED) is 0.406. The van der Waals surface area contributed by atoms with Crippen LogP contribution < -0.4 is 4.57 Å². The van der Waals surface area contributed by atoms with Gasteiger partial charge in [0.1, 0.15) is 7.05 Å². The van der Waals surface area contributed by atoms with E-state index in [0.717, 1.165) is 44.6 Å². The largest absolute Gasteiger partial charge is 0.437 e. The first-order chi connectivity index (χ1) is 13.6. The van der Waals surface area contributed by atoms with Crippen LogP contribution in [0.4, 0.5) is 0 Å². The van der Waals surface area contributed by atoms with Crippen molar-refractivity contribution in [3.8, 4) is 22.5 Å². The molecular formula is C24H20N3O+. The number of pyridine rings is 3. The summed E-state index contributed by atoms with van der Waals surface area (Å²) < 4.78 is 8.37. The SMILES string of the molecule is Cc1ccc2c(n1)oc1c(-c3ccc(-c4ccccn4)c[n+]3C)c(C)ccc12. The average Bonchev–Trinajstić information content (AvgIpc) is 3.06. The fraction of sp³-hybridized carbons (Fsp3) is 0.125. The lowest BCUT2D eigenvalue weighted by Gasteiger charge is -2.07. The Hall–Kier alpha value is -3.53. The zero-order chi connectivity index (χ0) is 19.3. The normalized spacial score (nSPS) is 11.4. The molecule has 4 nitrogen and oxygen atoms in total. The van der Waals surface area contributed by atoms with Crippen molar-refractivity contribution in [1.29, 1.82) is 0 Å². The van der Waals surface area contributed by atoms with Crippen molar-refractivity contribution in [2.45, 2.75) is 13.8 Å². The predicted octanol–water partition coefficient (Wildman–Crippen LogP) is 5.15. The smallest absolute Gasteiger partial charge is 0.227 e. The Morgan fingerprint density at radius 3 is 2.54 bits per heavy atom. The molecule has 0 bridgehead atoms. The molecule has 5 aromatic rings. The van der Waals surface area contributed by atoms with Gasteiger partial charge in [-0.15, -0.1) is 0 Å². The van der Waals surface area contributed by atoms with Gasteiger partial charge in [0, 0.05) is 28.7 Å². The molecule has 28 heavy (non-hydrogen) atoms. The standard InChI is InChI=1S/C24H20N3O/c1-15-7-10-18-19-11-8-16(2)26-24(19)28-23(18)22(15)21-12-9-17(14-27(21)3)20-6-4-5-13-25-20/h4-14H,1-3H3/q+1. The summed E-state index contributed by atoms with van der Waals surface area (Å²) in [6.07, 6.45) is 3.93. The van der Waals surface area contributed by atoms with Crippen molar-refractivity contribution < 1.29 is 8.98 Å². The van der Waals surface area contributed by atoms with Gasteiger partial charge in [0.25, 0.3) is 0 Å². The number of furan rings is 1. The molecule has 5 rings (SSSR count). The molecule has 1 aromatic carbocycles. The molecule has 0 aliphatic carbocycles. The molecule has 0 spiro atoms. The van der Waals surface area contributed by atoms with E-state index in [0.29, 0.717) is 5.71 Å². The summed E-state index contributed by atoms with van der Waals surface area (Å²) in [5.41, 5.74) is 7.94. The van der Waals surface area contributed by atoms with Crippen LogP contribution >= 0.6 is 0 Å². The third-order valence-electron chi connectivity index (χ3n) is 5.20. The lowest BCUT2D eigenvalue weighted by molar-refractivity contribution is -0.659. The summed E-state index contributed by atoms with van der Waals surface area (Å²) in [7, 11) is 2.06. The maximum absolute atomic E-state index is 6.23. The Balaban J connectivity index is 1.75. The lowest BCUT2D eigenvalue weighted by Crippen LogP contribution is -2.31. The van der Waals surface area contributed by atoms with Crippen LogP contribution in [0.25, 0.3) is 44.6 Å². The van der Waals surface area contributed by atoms with Gasteiger partial charge in [-0.2, -0.15) is 0 Å². The van der Waals surface area contributed by atoms with E-state index < -0.39 is 0 Å². The first-order valence-corrected chi connectivity index (χ1v) is 9.33. The minimum atomic E-state index is 0.689. The van der Waals surface area contributed by atoms with Gasteiger partial charge in [-0.05, 0) is 49.7 Å². The first-order valence-electron chi connectivity index (χ1n) is 9.33. The highest BCUT2D eigenvalue weighted by atomic mass is 16.3. The highest BCUT2D eigenvalue weighted by molar-refractivity contribution is 6.08. The molecule has 4 heterocycles. The molecule has 4 heteroatoms. The van der Waals surface area contributed by atoms with Crippen molar-refractivity contribution >= 4 is 22.1 Å². The molecule has 0 N–H and O–H groups in total. The summed E-state index contributed by atoms with van der Waals surface area (Å²) in [5.74, 6) is 0. The van der Waals surface area contributed by atoms with Crippen LogP contribution in [-0.4, -0.2) is 9.97 Å². The van der Waals surface area contributed by atoms with Crippen molar-refractivity contribution in [2.24, 2.45) is 7.05 Å². The summed E-state index contributed by atoms with van der Waals surface area (Å²) in [4.78, 5) is 9.03. The molecule has 136 valence electrons. The summed E-state index contributed by atoms with van der Waals surface area (Å²) in [6.45, 7) is 4.10. The number of rotatable bonds is 2. The highest BCUT2D eigenvalue weighted by Gasteiger charge is 2.21. The third-order valence-corrected chi connectivity index (χ3v) is 5.20. The fourth-order valence-corrected chi connectivity index (χ4v) is 3.78. The monoisotopic (exact) mass is 366 g/mol. The zero-order valence-corrected chi connectivity index (χ0v) is 16.1. The van der Waals surface area contributed by atoms with Gasteiger partial charge in [-0.3, -0.25) is 4.98 Å². The zero-order valence-electron chi connectivity index (χ0n) is 16.1. The predicted molar refractivity (Wildman–Crippen MR) is 111 cm³/mol. The number of hydrogen-bond donors (Lipinski definition) is 0. The van der Waals surface area contributed by atoms with E-state index in [1.165, 1.54) is 5.56 Å². The second-order valence-electron chi connectivity index (χ2n) is 7.17. The number of aromatic nitrogens is 3. The van der Waals surface area contributed by atoms with E-state index in [4.69, 9.17) is 4.42 Å². The number of hydrogen-bond acceptors (Lipinski definition) is 3. The second kappa shape index (κ2) is 6.27. The molecule has 0 radical (unpaired) electrons. The van der Waals surface area contributed by atoms with Crippen LogP contribution in [0, 0.1) is 13.8 Å². The fourth-order valence-electron chi connectivity index (χ4n) is 3.78. The van der Waals surface area contributed by atoms with Gasteiger partial charge >= 0.3 is 0 Å². The maximum Gasteiger partial charge on any atom is 0.227 e. The Morgan fingerprint density at radius 2 is 1.75 bits per heavy atom. The van der Waals surface area contributed by atoms with E-state index in [1.54, 1.807) is 0 Å². The summed E-state index contributed by atoms with van der Waals surface area (Å²) in [6, 6.07) is 18.6. The van der Waals surface area contributed by atoms with Crippen molar-refractivity contribution in [3.05, 3.63) is 78.2 Å². The number of fused-ring (bicyclic) bond motifs is 3. The molecule has 0 atom stereocenters. The molecular weight excluding hydrogens is 346 g/mol. The number of aryl methyl sites for hydroxylation is 3. The van der Waals surface area contributed by atoms with Crippen molar-refractivity contribution in [1.82, 2.24) is 9.97 Å². The van der Waals surface area contributed by atoms with E-state index in [1.807, 2.05) is 37.4 Å². The molecule has 0 aliphatic heterocycles. The number of benzene rings is 1. The maximum atomic E-state index is 6.23. The average molecular weight is 366 g/mol. The minimum absolute atomic E-state index is 0.689. The van der Waals surface area contributed by atoms with Gasteiger partial charge in [0.05, 0.1) is 16.8 Å². The van der Waals surface area contributed by atoms with Crippen LogP contribution in [-0.2, 0) is 7.05 Å². The topological polar surface area (TPSA) is 42.8 Å². The first kappa shape index (κ1) is 16.6. The van der Waals surface area contributed by atoms with Gasteiger partial charge in [0.15, 0.2) is 11.8 Å². The van der Waals surface area contributed by atoms with E-state index in [2.05, 4.69) is 65.0 Å². The summed E-state index contributed by atoms with van der Waals surface area (Å²) >= 11 is 0. The number of nitrogens with zero attached hydrogens (tertiary/aromatic N) is 3. The van der Waals surface area contributed by atoms with Gasteiger partial charge in [-0.25, -0.2) is 9.55 Å². The molecule has 0 saturated heterocycles. The Morgan fingerprint density at radius 1 is 0.893 bits per heavy atom. The molecule has 0 amide bonds. The van der Waals surface area contributed by atoms with Gasteiger partial charge in [-0.1, -0.05) is 18.2 Å². The van der Waals surface area contributed by atoms with Gasteiger partial charge < -0.3 is 4.42 Å². The Bertz CT molecular complexity index is 1340. The van der Waals surface area contributed by atoms with Crippen LogP contribution in [0.15, 0.2) is 71.4 Å². The third kappa shape index (κ3) is 2.57. The minimum Gasteiger partial charge on any atom is -0.437 e. The highest BCUT2D eigenvalue weighted by Crippen LogP contribution is 2.36. The van der Waals surface area contributed by atoms with Crippen LogP contribution in [0.5, 0.6) is 0 Å². The van der Waals surface area contributed by atoms with Crippen LogP contribution in [0.3, 0.4) is 0 Å². The molecule has 0 aliphatic rings. The van der Waals surface area contributed by atoms with Crippen LogP contribution in [0.1, 0.15) is 11.3 Å². The van der Waals surface area contributed by atoms with Crippen LogP contribution in [0.2, 0.25) is 0 Å². The Labute approximate surface area is 163 Å². The lowest BCUT2D eigenvalue weighted by atomic mass is 10.00. The van der Waals surface area contributed by atoms with Crippen molar-refractivity contribution in [3.63, 3.8) is 0 Å².